The molecule has 8 amide bonds. The minimum absolute atomic E-state index is 0.131. The second-order valence-corrected chi connectivity index (χ2v) is 24.1. The number of anilines is 9. The van der Waals surface area contributed by atoms with Crippen molar-refractivity contribution >= 4 is 113 Å². The van der Waals surface area contributed by atoms with E-state index in [1.807, 2.05) is 48.7 Å². The normalized spacial score (nSPS) is 16.4. The third-order valence-corrected chi connectivity index (χ3v) is 17.3. The number of hydrogen-bond acceptors (Lipinski definition) is 17. The fourth-order valence-electron chi connectivity index (χ4n) is 10.5. The number of piperidine rings is 3. The van der Waals surface area contributed by atoms with Crippen molar-refractivity contribution in [2.24, 2.45) is 0 Å². The SMILES string of the molecule is CNC(=O)c1csc(NC(=O)Nc2ccc(C)cc2N2CCCCC2)n1.Cc1ccc(NC(=O)Nc2nc(C(=O)N3CCOCC3)cs2)c(N2CCCCC2)c1.Cc1ccc(NC(=O)Nc2nc(CN3CCOCC3)cs2)c(N2CCCCC2)c1. The molecule has 3 aromatic heterocycles. The lowest BCUT2D eigenvalue weighted by molar-refractivity contribution is 0.0299. The number of carbonyl (C=O) groups is 5. The fraction of sp³-hybridized carbons (Fsp3) is 0.467. The van der Waals surface area contributed by atoms with Crippen molar-refractivity contribution < 1.29 is 33.4 Å². The molecular formula is C60H79N15O7S3. The van der Waals surface area contributed by atoms with Crippen LogP contribution in [0.3, 0.4) is 0 Å². The Kier molecular flexibility index (Phi) is 22.7. The van der Waals surface area contributed by atoms with E-state index >= 15 is 0 Å². The van der Waals surface area contributed by atoms with Gasteiger partial charge in [-0.1, -0.05) is 18.2 Å². The average Bonchev–Trinajstić information content (AvgIpc) is 4.50. The van der Waals surface area contributed by atoms with Gasteiger partial charge in [0.05, 0.1) is 66.2 Å². The van der Waals surface area contributed by atoms with Crippen LogP contribution in [-0.2, 0) is 16.0 Å². The van der Waals surface area contributed by atoms with Crippen LogP contribution in [0.4, 0.5) is 63.9 Å². The Bertz CT molecular complexity index is 3190. The topological polar surface area (TPSA) is 243 Å². The van der Waals surface area contributed by atoms with Gasteiger partial charge in [0, 0.05) is 95.2 Å². The monoisotopic (exact) mass is 1220 g/mol. The van der Waals surface area contributed by atoms with Crippen LogP contribution in [0.1, 0.15) is 101 Å². The molecule has 454 valence electrons. The quantitative estimate of drug-likeness (QED) is 0.0569. The van der Waals surface area contributed by atoms with Crippen molar-refractivity contribution in [1.29, 1.82) is 0 Å². The Hall–Kier alpha value is -7.42. The largest absolute Gasteiger partial charge is 0.379 e. The van der Waals surface area contributed by atoms with E-state index in [1.165, 1.54) is 97.4 Å². The molecule has 3 aromatic carbocycles. The van der Waals surface area contributed by atoms with Crippen molar-refractivity contribution in [2.45, 2.75) is 85.1 Å². The number of urea groups is 3. The number of amides is 8. The molecule has 0 aliphatic carbocycles. The van der Waals surface area contributed by atoms with Gasteiger partial charge in [-0.15, -0.1) is 34.0 Å². The number of thiazole rings is 3. The standard InChI is InChI=1S/C21H27N5O3S.C21H29N5O2S.C18H23N5O2S/c1-15-5-6-16(18(13-15)25-7-3-2-4-8-25)22-20(28)24-21-23-17(14-30-21)19(27)26-9-11-29-12-10-26;1-16-5-6-18(19(13-16)26-7-3-2-4-8-26)23-20(27)24-21-22-17(15-29-21)14-25-9-11-28-12-10-25;1-12-6-7-13(15(10-12)23-8-4-3-5-9-23)20-17(25)22-18-21-14(11-26-18)16(24)19-2/h5-6,13-14H,2-4,7-12H2,1H3,(H2,22,23,24,28);5-6,13,15H,2-4,7-12,14H2,1H3,(H2,22,23,24,27);6-7,10-11H,3-5,8-9H2,1-2H3,(H,19,24)(H2,20,21,22,25). The zero-order valence-electron chi connectivity index (χ0n) is 49.1. The first-order chi connectivity index (χ1) is 41.3. The van der Waals surface area contributed by atoms with Gasteiger partial charge < -0.3 is 50.3 Å². The number of morpholine rings is 2. The number of benzene rings is 3. The number of aromatic nitrogens is 3. The van der Waals surface area contributed by atoms with Crippen molar-refractivity contribution in [1.82, 2.24) is 30.1 Å². The third kappa shape index (κ3) is 18.3. The number of carbonyl (C=O) groups excluding carboxylic acids is 5. The Labute approximate surface area is 509 Å². The summed E-state index contributed by atoms with van der Waals surface area (Å²) in [6.45, 7) is 18.7. The lowest BCUT2D eigenvalue weighted by Gasteiger charge is -2.30. The minimum atomic E-state index is -0.370. The molecule has 0 saturated carbocycles. The second kappa shape index (κ2) is 31.1. The summed E-state index contributed by atoms with van der Waals surface area (Å²) in [4.78, 5) is 85.7. The highest BCUT2D eigenvalue weighted by Crippen LogP contribution is 2.33. The highest BCUT2D eigenvalue weighted by Gasteiger charge is 2.24. The molecule has 11 rings (SSSR count). The Morgan fingerprint density at radius 2 is 0.835 bits per heavy atom. The first-order valence-electron chi connectivity index (χ1n) is 29.4. The maximum Gasteiger partial charge on any atom is 0.325 e. The van der Waals surface area contributed by atoms with E-state index in [-0.39, 0.29) is 35.6 Å². The Morgan fingerprint density at radius 3 is 1.26 bits per heavy atom. The molecule has 22 nitrogen and oxygen atoms in total. The van der Waals surface area contributed by atoms with Crippen molar-refractivity contribution in [3.8, 4) is 0 Å². The number of rotatable bonds is 13. The molecule has 5 aliphatic rings. The van der Waals surface area contributed by atoms with Gasteiger partial charge in [-0.2, -0.15) is 0 Å². The molecule has 5 aliphatic heterocycles. The van der Waals surface area contributed by atoms with E-state index in [0.717, 1.165) is 123 Å². The van der Waals surface area contributed by atoms with Gasteiger partial charge in [0.2, 0.25) is 0 Å². The number of nitrogens with zero attached hydrogens (tertiary/aromatic N) is 8. The van der Waals surface area contributed by atoms with Crippen LogP contribution >= 0.6 is 34.0 Å². The van der Waals surface area contributed by atoms with Gasteiger partial charge in [-0.05, 0) is 132 Å². The molecule has 0 radical (unpaired) electrons. The number of nitrogens with one attached hydrogen (secondary N) is 7. The summed E-state index contributed by atoms with van der Waals surface area (Å²) >= 11 is 3.92. The summed E-state index contributed by atoms with van der Waals surface area (Å²) in [6, 6.07) is 17.3. The average molecular weight is 1220 g/mol. The smallest absolute Gasteiger partial charge is 0.325 e. The Balaban J connectivity index is 0.000000153. The predicted molar refractivity (Wildman–Crippen MR) is 342 cm³/mol. The molecule has 5 saturated heterocycles. The summed E-state index contributed by atoms with van der Waals surface area (Å²) in [6.07, 6.45) is 10.8. The maximum absolute atomic E-state index is 12.6. The molecule has 25 heteroatoms. The van der Waals surface area contributed by atoms with E-state index in [4.69, 9.17) is 9.47 Å². The fourth-order valence-corrected chi connectivity index (χ4v) is 12.6. The van der Waals surface area contributed by atoms with E-state index in [0.29, 0.717) is 47.4 Å². The third-order valence-electron chi connectivity index (χ3n) is 15.0. The van der Waals surface area contributed by atoms with Crippen LogP contribution in [-0.4, -0.2) is 154 Å². The number of hydrogen-bond donors (Lipinski definition) is 7. The minimum Gasteiger partial charge on any atom is -0.379 e. The lowest BCUT2D eigenvalue weighted by Crippen LogP contribution is -2.40. The van der Waals surface area contributed by atoms with E-state index < -0.39 is 0 Å². The van der Waals surface area contributed by atoms with Gasteiger partial charge in [-0.3, -0.25) is 30.4 Å². The summed E-state index contributed by atoms with van der Waals surface area (Å²) in [5, 5.41) is 26.4. The summed E-state index contributed by atoms with van der Waals surface area (Å²) in [7, 11) is 1.54. The maximum atomic E-state index is 12.6. The zero-order chi connectivity index (χ0) is 59.5. The zero-order valence-corrected chi connectivity index (χ0v) is 51.5. The molecule has 0 atom stereocenters. The van der Waals surface area contributed by atoms with Crippen molar-refractivity contribution in [3.05, 3.63) is 105 Å². The van der Waals surface area contributed by atoms with Gasteiger partial charge in [-0.25, -0.2) is 29.3 Å². The lowest BCUT2D eigenvalue weighted by atomic mass is 10.1. The van der Waals surface area contributed by atoms with Crippen LogP contribution in [0.5, 0.6) is 0 Å². The molecule has 7 N–H and O–H groups in total. The number of aryl methyl sites for hydroxylation is 3. The first kappa shape index (κ1) is 62.1. The predicted octanol–water partition coefficient (Wildman–Crippen LogP) is 10.9. The van der Waals surface area contributed by atoms with Crippen LogP contribution in [0, 0.1) is 20.8 Å². The second-order valence-electron chi connectivity index (χ2n) is 21.5. The van der Waals surface area contributed by atoms with Crippen molar-refractivity contribution in [2.75, 3.05) is 146 Å². The molecule has 0 spiro atoms. The van der Waals surface area contributed by atoms with Crippen LogP contribution < -0.4 is 51.9 Å². The molecule has 6 aromatic rings. The highest BCUT2D eigenvalue weighted by atomic mass is 32.1. The van der Waals surface area contributed by atoms with Gasteiger partial charge in [0.15, 0.2) is 15.4 Å². The molecule has 85 heavy (non-hydrogen) atoms. The summed E-state index contributed by atoms with van der Waals surface area (Å²) in [5.41, 5.74) is 10.7. The molecule has 0 unspecified atom stereocenters. The summed E-state index contributed by atoms with van der Waals surface area (Å²) in [5.74, 6) is -0.408. The molecule has 8 heterocycles. The van der Waals surface area contributed by atoms with E-state index in [2.05, 4.69) is 104 Å². The van der Waals surface area contributed by atoms with E-state index in [1.54, 1.807) is 22.7 Å². The Morgan fingerprint density at radius 1 is 0.459 bits per heavy atom. The van der Waals surface area contributed by atoms with Crippen molar-refractivity contribution in [3.63, 3.8) is 0 Å². The molecule has 0 bridgehead atoms. The molecular weight excluding hydrogens is 1140 g/mol. The van der Waals surface area contributed by atoms with Crippen LogP contribution in [0.2, 0.25) is 0 Å². The first-order valence-corrected chi connectivity index (χ1v) is 32.0. The van der Waals surface area contributed by atoms with Gasteiger partial charge in [0.1, 0.15) is 11.4 Å². The van der Waals surface area contributed by atoms with Gasteiger partial charge in [0.25, 0.3) is 11.8 Å². The van der Waals surface area contributed by atoms with Gasteiger partial charge >= 0.3 is 18.1 Å². The molecule has 5 fully saturated rings. The van der Waals surface area contributed by atoms with Crippen LogP contribution in [0.15, 0.2) is 70.7 Å². The highest BCUT2D eigenvalue weighted by molar-refractivity contribution is 7.14. The number of ether oxygens (including phenoxy) is 2. The summed E-state index contributed by atoms with van der Waals surface area (Å²) < 4.78 is 10.7. The van der Waals surface area contributed by atoms with E-state index in [9.17, 15) is 24.0 Å². The van der Waals surface area contributed by atoms with Crippen LogP contribution in [0.25, 0.3) is 0 Å².